The van der Waals surface area contributed by atoms with Crippen LogP contribution in [0.3, 0.4) is 0 Å². The third kappa shape index (κ3) is 3.71. The van der Waals surface area contributed by atoms with Crippen LogP contribution in [-0.4, -0.2) is 68.4 Å². The third-order valence-electron chi connectivity index (χ3n) is 7.70. The number of anilines is 2. The van der Waals surface area contributed by atoms with E-state index < -0.39 is 5.41 Å². The molecule has 1 saturated heterocycles. The van der Waals surface area contributed by atoms with Crippen molar-refractivity contribution in [3.05, 3.63) is 42.1 Å². The number of carbonyl (C=O) groups excluding carboxylic acids is 1. The van der Waals surface area contributed by atoms with Gasteiger partial charge >= 0.3 is 0 Å². The Hall–Kier alpha value is -3.27. The zero-order chi connectivity index (χ0) is 24.3. The number of aromatic nitrogens is 4. The van der Waals surface area contributed by atoms with Crippen LogP contribution >= 0.6 is 0 Å². The molecule has 6 rings (SSSR count). The molecule has 0 spiro atoms. The van der Waals surface area contributed by atoms with Gasteiger partial charge in [0.15, 0.2) is 17.3 Å². The molecule has 2 aromatic rings. The smallest absolute Gasteiger partial charge is 0.275 e. The predicted molar refractivity (Wildman–Crippen MR) is 129 cm³/mol. The Morgan fingerprint density at radius 2 is 2.06 bits per heavy atom. The Bertz CT molecular complexity index is 1240. The van der Waals surface area contributed by atoms with Gasteiger partial charge in [-0.05, 0) is 37.8 Å². The number of rotatable bonds is 1. The average molecular weight is 480 g/mol. The summed E-state index contributed by atoms with van der Waals surface area (Å²) >= 11 is 0. The van der Waals surface area contributed by atoms with Gasteiger partial charge in [-0.15, -0.1) is 0 Å². The maximum Gasteiger partial charge on any atom is 0.275 e. The molecule has 35 heavy (non-hydrogen) atoms. The average Bonchev–Trinajstić information content (AvgIpc) is 3.39. The highest BCUT2D eigenvalue weighted by molar-refractivity contribution is 5.99. The van der Waals surface area contributed by atoms with Crippen LogP contribution in [0.1, 0.15) is 43.1 Å². The first-order valence-corrected chi connectivity index (χ1v) is 12.3. The molecule has 0 radical (unpaired) electrons. The van der Waals surface area contributed by atoms with Crippen LogP contribution in [0.5, 0.6) is 0 Å². The SMILES string of the molecule is Cn1cc2c(n1)C(=O)N(C1CC1)CCOC1C=CC(F)=CC1(C)[C@H]1CCCN1c1nc-2cnc1N. The number of carbonyl (C=O) groups is 1. The molecule has 0 aromatic carbocycles. The number of nitrogens with zero attached hydrogens (tertiary/aromatic N) is 6. The van der Waals surface area contributed by atoms with Crippen LogP contribution in [0.4, 0.5) is 16.0 Å². The molecule has 2 unspecified atom stereocenters. The molecular formula is C25H30FN7O2. The van der Waals surface area contributed by atoms with E-state index in [1.165, 1.54) is 6.08 Å². The van der Waals surface area contributed by atoms with Crippen molar-refractivity contribution in [2.75, 3.05) is 30.3 Å². The number of halogens is 1. The Labute approximate surface area is 203 Å². The topological polar surface area (TPSA) is 102 Å². The highest BCUT2D eigenvalue weighted by Crippen LogP contribution is 2.45. The molecular weight excluding hydrogens is 449 g/mol. The molecule has 4 aliphatic rings. The Morgan fingerprint density at radius 1 is 1.23 bits per heavy atom. The van der Waals surface area contributed by atoms with Crippen molar-refractivity contribution in [3.8, 4) is 11.3 Å². The van der Waals surface area contributed by atoms with E-state index in [2.05, 4.69) is 15.0 Å². The van der Waals surface area contributed by atoms with E-state index in [-0.39, 0.29) is 29.9 Å². The minimum absolute atomic E-state index is 0.0764. The summed E-state index contributed by atoms with van der Waals surface area (Å²) in [4.78, 5) is 27.0. The van der Waals surface area contributed by atoms with Gasteiger partial charge < -0.3 is 20.3 Å². The van der Waals surface area contributed by atoms with Gasteiger partial charge in [-0.3, -0.25) is 9.48 Å². The van der Waals surface area contributed by atoms with E-state index in [9.17, 15) is 9.18 Å². The summed E-state index contributed by atoms with van der Waals surface area (Å²) < 4.78 is 22.6. The highest BCUT2D eigenvalue weighted by atomic mass is 19.1. The van der Waals surface area contributed by atoms with Crippen molar-refractivity contribution in [1.29, 1.82) is 0 Å². The second-order valence-electron chi connectivity index (χ2n) is 10.2. The van der Waals surface area contributed by atoms with E-state index in [0.717, 1.165) is 32.2 Å². The lowest BCUT2D eigenvalue weighted by Gasteiger charge is -2.44. The quantitative estimate of drug-likeness (QED) is 0.671. The number of fused-ring (bicyclic) bond motifs is 8. The number of amides is 1. The van der Waals surface area contributed by atoms with E-state index >= 15 is 0 Å². The Morgan fingerprint density at radius 3 is 2.86 bits per heavy atom. The van der Waals surface area contributed by atoms with Crippen molar-refractivity contribution in [2.24, 2.45) is 12.5 Å². The van der Waals surface area contributed by atoms with E-state index in [4.69, 9.17) is 15.5 Å². The standard InChI is InChI=1S/C25H30FN7O2/c1-25-12-15(26)5-8-20(25)35-11-10-32(16-6-7-16)24(34)21-17(14-31(2)30-21)18-13-28-22(27)23(29-18)33-9-3-4-19(25)33/h5,8,12-14,16,19-20H,3-4,6-7,9-11H2,1-2H3,(H2,27,28)/t19-,20?,25?/m1/s1. The molecule has 3 atom stereocenters. The molecule has 2 bridgehead atoms. The molecule has 9 nitrogen and oxygen atoms in total. The van der Waals surface area contributed by atoms with Crippen molar-refractivity contribution in [2.45, 2.75) is 50.8 Å². The molecule has 4 heterocycles. The molecule has 2 aliphatic heterocycles. The molecule has 2 N–H and O–H groups in total. The first kappa shape index (κ1) is 22.2. The number of nitrogens with two attached hydrogens (primary N) is 1. The molecule has 2 fully saturated rings. The molecule has 10 heteroatoms. The normalized spacial score (nSPS) is 28.8. The molecule has 2 aromatic heterocycles. The number of nitrogen functional groups attached to an aromatic ring is 1. The molecule has 1 amide bonds. The van der Waals surface area contributed by atoms with E-state index in [1.54, 1.807) is 36.3 Å². The fourth-order valence-electron chi connectivity index (χ4n) is 5.82. The van der Waals surface area contributed by atoms with Gasteiger partial charge in [-0.25, -0.2) is 14.4 Å². The van der Waals surface area contributed by atoms with E-state index in [0.29, 0.717) is 41.7 Å². The number of ether oxygens (including phenoxy) is 1. The number of aryl methyl sites for hydroxylation is 1. The summed E-state index contributed by atoms with van der Waals surface area (Å²) in [5.41, 5.74) is 7.23. The van der Waals surface area contributed by atoms with Gasteiger partial charge in [0.25, 0.3) is 5.91 Å². The summed E-state index contributed by atoms with van der Waals surface area (Å²) in [6, 6.07) is 0.102. The fourth-order valence-corrected chi connectivity index (χ4v) is 5.82. The summed E-state index contributed by atoms with van der Waals surface area (Å²) in [5.74, 6) is 0.437. The second-order valence-corrected chi connectivity index (χ2v) is 10.2. The maximum absolute atomic E-state index is 14.6. The molecule has 184 valence electrons. The zero-order valence-corrected chi connectivity index (χ0v) is 20.0. The van der Waals surface area contributed by atoms with Crippen LogP contribution in [0.2, 0.25) is 0 Å². The first-order valence-electron chi connectivity index (χ1n) is 12.3. The van der Waals surface area contributed by atoms with Crippen molar-refractivity contribution in [1.82, 2.24) is 24.6 Å². The van der Waals surface area contributed by atoms with Gasteiger partial charge in [-0.1, -0.05) is 13.0 Å². The zero-order valence-electron chi connectivity index (χ0n) is 20.0. The van der Waals surface area contributed by atoms with Crippen LogP contribution in [-0.2, 0) is 11.8 Å². The summed E-state index contributed by atoms with van der Waals surface area (Å²) in [5, 5.41) is 4.50. The molecule has 1 saturated carbocycles. The number of allylic oxidation sites excluding steroid dienone is 2. The van der Waals surface area contributed by atoms with Crippen LogP contribution in [0.25, 0.3) is 11.3 Å². The maximum atomic E-state index is 14.6. The number of hydrogen-bond acceptors (Lipinski definition) is 7. The van der Waals surface area contributed by atoms with E-state index in [1.807, 2.05) is 11.8 Å². The Balaban J connectivity index is 1.51. The second kappa shape index (κ2) is 8.15. The summed E-state index contributed by atoms with van der Waals surface area (Å²) in [6.45, 7) is 3.55. The van der Waals surface area contributed by atoms with Crippen LogP contribution in [0.15, 0.2) is 36.4 Å². The van der Waals surface area contributed by atoms with Gasteiger partial charge in [0.05, 0.1) is 30.2 Å². The van der Waals surface area contributed by atoms with Crippen molar-refractivity contribution in [3.63, 3.8) is 0 Å². The Kier molecular flexibility index (Phi) is 5.17. The first-order chi connectivity index (χ1) is 16.8. The third-order valence-corrected chi connectivity index (χ3v) is 7.70. The van der Waals surface area contributed by atoms with Gasteiger partial charge in [0.2, 0.25) is 0 Å². The minimum atomic E-state index is -0.641. The molecule has 2 aliphatic carbocycles. The summed E-state index contributed by atoms with van der Waals surface area (Å²) in [6.07, 6.45) is 11.7. The van der Waals surface area contributed by atoms with Crippen LogP contribution in [0, 0.1) is 5.41 Å². The van der Waals surface area contributed by atoms with Gasteiger partial charge in [0, 0.05) is 43.8 Å². The monoisotopic (exact) mass is 479 g/mol. The largest absolute Gasteiger partial charge is 0.381 e. The lowest BCUT2D eigenvalue weighted by molar-refractivity contribution is -0.00267. The van der Waals surface area contributed by atoms with Gasteiger partial charge in [-0.2, -0.15) is 5.10 Å². The number of hydrogen-bond donors (Lipinski definition) is 1. The summed E-state index contributed by atoms with van der Waals surface area (Å²) in [7, 11) is 1.79. The fraction of sp³-hybridized carbons (Fsp3) is 0.520. The predicted octanol–water partition coefficient (Wildman–Crippen LogP) is 2.86. The minimum Gasteiger partial charge on any atom is -0.381 e. The lowest BCUT2D eigenvalue weighted by atomic mass is 9.73. The lowest BCUT2D eigenvalue weighted by Crippen LogP contribution is -2.50. The van der Waals surface area contributed by atoms with Crippen LogP contribution < -0.4 is 10.6 Å². The van der Waals surface area contributed by atoms with Crippen molar-refractivity contribution < 1.29 is 13.9 Å². The van der Waals surface area contributed by atoms with Crippen molar-refractivity contribution >= 4 is 17.5 Å². The highest BCUT2D eigenvalue weighted by Gasteiger charge is 2.47. The van der Waals surface area contributed by atoms with Gasteiger partial charge in [0.1, 0.15) is 5.83 Å².